The summed E-state index contributed by atoms with van der Waals surface area (Å²) in [7, 11) is 1.58. The van der Waals surface area contributed by atoms with E-state index in [1.807, 2.05) is 0 Å². The number of hydrogen-bond donors (Lipinski definition) is 0. The van der Waals surface area contributed by atoms with E-state index in [9.17, 15) is 9.59 Å². The van der Waals surface area contributed by atoms with Gasteiger partial charge in [0.2, 0.25) is 5.91 Å². The lowest BCUT2D eigenvalue weighted by Crippen LogP contribution is -2.39. The number of likely N-dealkylation sites (tertiary alicyclic amines) is 1. The summed E-state index contributed by atoms with van der Waals surface area (Å²) in [5, 5.41) is 0.306. The molecule has 1 aromatic rings. The Labute approximate surface area is 127 Å². The topological polar surface area (TPSA) is 53.5 Å². The molecule has 0 N–H and O–H groups in total. The summed E-state index contributed by atoms with van der Waals surface area (Å²) in [4.78, 5) is 31.1. The van der Waals surface area contributed by atoms with Crippen molar-refractivity contribution in [2.75, 3.05) is 26.7 Å². The lowest BCUT2D eigenvalue weighted by atomic mass is 10.2. The van der Waals surface area contributed by atoms with Gasteiger partial charge in [-0.3, -0.25) is 9.59 Å². The zero-order chi connectivity index (χ0) is 14.7. The molecular formula is C13H15Cl2N3O2. The second-order valence-corrected chi connectivity index (χ2v) is 5.52. The van der Waals surface area contributed by atoms with Gasteiger partial charge >= 0.3 is 0 Å². The minimum Gasteiger partial charge on any atom is -0.341 e. The standard InChI is InChI=1S/C13H15Cl2N3O2/c1-17(8-12(19)18-4-2-3-5-18)13(20)9-6-10(14)16-11(15)7-9/h6-7H,2-5,8H2,1H3. The molecular weight excluding hydrogens is 301 g/mol. The highest BCUT2D eigenvalue weighted by molar-refractivity contribution is 6.33. The minimum absolute atomic E-state index is 0.0374. The molecule has 2 heterocycles. The van der Waals surface area contributed by atoms with E-state index < -0.39 is 0 Å². The number of carbonyl (C=O) groups excluding carboxylic acids is 2. The first kappa shape index (κ1) is 15.1. The van der Waals surface area contributed by atoms with E-state index in [2.05, 4.69) is 4.98 Å². The second-order valence-electron chi connectivity index (χ2n) is 4.75. The number of nitrogens with zero attached hydrogens (tertiary/aromatic N) is 3. The highest BCUT2D eigenvalue weighted by Gasteiger charge is 2.22. The highest BCUT2D eigenvalue weighted by Crippen LogP contribution is 2.16. The molecule has 7 heteroatoms. The summed E-state index contributed by atoms with van der Waals surface area (Å²) in [6.45, 7) is 1.60. The normalized spacial score (nSPS) is 14.4. The first-order valence-electron chi connectivity index (χ1n) is 6.33. The fourth-order valence-electron chi connectivity index (χ4n) is 2.15. The van der Waals surface area contributed by atoms with E-state index in [1.54, 1.807) is 11.9 Å². The quantitative estimate of drug-likeness (QED) is 0.802. The molecule has 2 rings (SSSR count). The number of halogens is 2. The van der Waals surface area contributed by atoms with Crippen LogP contribution < -0.4 is 0 Å². The molecule has 1 fully saturated rings. The van der Waals surface area contributed by atoms with Gasteiger partial charge in [0.15, 0.2) is 0 Å². The van der Waals surface area contributed by atoms with Gasteiger partial charge in [-0.1, -0.05) is 23.2 Å². The minimum atomic E-state index is -0.302. The highest BCUT2D eigenvalue weighted by atomic mass is 35.5. The zero-order valence-electron chi connectivity index (χ0n) is 11.1. The second kappa shape index (κ2) is 6.41. The van der Waals surface area contributed by atoms with Crippen molar-refractivity contribution in [2.24, 2.45) is 0 Å². The molecule has 0 radical (unpaired) electrons. The Hall–Kier alpha value is -1.33. The molecule has 108 valence electrons. The van der Waals surface area contributed by atoms with Crippen molar-refractivity contribution in [3.8, 4) is 0 Å². The van der Waals surface area contributed by atoms with Crippen LogP contribution in [0.15, 0.2) is 12.1 Å². The van der Waals surface area contributed by atoms with Gasteiger partial charge in [-0.2, -0.15) is 0 Å². The molecule has 2 amide bonds. The molecule has 1 aliphatic heterocycles. The zero-order valence-corrected chi connectivity index (χ0v) is 12.6. The van der Waals surface area contributed by atoms with Crippen LogP contribution in [0.4, 0.5) is 0 Å². The van der Waals surface area contributed by atoms with Crippen molar-refractivity contribution in [1.82, 2.24) is 14.8 Å². The predicted molar refractivity (Wildman–Crippen MR) is 77.0 cm³/mol. The Kier molecular flexibility index (Phi) is 4.83. The Balaban J connectivity index is 2.02. The monoisotopic (exact) mass is 315 g/mol. The van der Waals surface area contributed by atoms with Crippen LogP contribution in [-0.4, -0.2) is 53.3 Å². The van der Waals surface area contributed by atoms with E-state index in [1.165, 1.54) is 17.0 Å². The number of pyridine rings is 1. The van der Waals surface area contributed by atoms with Gasteiger partial charge in [0.25, 0.3) is 5.91 Å². The number of likely N-dealkylation sites (N-methyl/N-ethyl adjacent to an activating group) is 1. The molecule has 0 bridgehead atoms. The number of rotatable bonds is 3. The van der Waals surface area contributed by atoms with Crippen LogP contribution in [0.3, 0.4) is 0 Å². The van der Waals surface area contributed by atoms with Crippen LogP contribution in [0.1, 0.15) is 23.2 Å². The van der Waals surface area contributed by atoms with Gasteiger partial charge < -0.3 is 9.80 Å². The number of hydrogen-bond acceptors (Lipinski definition) is 3. The molecule has 0 unspecified atom stereocenters. The van der Waals surface area contributed by atoms with Gasteiger partial charge in [0.05, 0.1) is 6.54 Å². The van der Waals surface area contributed by atoms with E-state index in [4.69, 9.17) is 23.2 Å². The fourth-order valence-corrected chi connectivity index (χ4v) is 2.61. The van der Waals surface area contributed by atoms with Crippen LogP contribution >= 0.6 is 23.2 Å². The molecule has 0 atom stereocenters. The number of carbonyl (C=O) groups is 2. The summed E-state index contributed by atoms with van der Waals surface area (Å²) in [6.07, 6.45) is 2.05. The van der Waals surface area contributed by atoms with Gasteiger partial charge in [0.1, 0.15) is 10.3 Å². The van der Waals surface area contributed by atoms with Gasteiger partial charge in [-0.25, -0.2) is 4.98 Å². The van der Waals surface area contributed by atoms with E-state index in [0.717, 1.165) is 25.9 Å². The van der Waals surface area contributed by atoms with Crippen molar-refractivity contribution in [3.05, 3.63) is 28.0 Å². The van der Waals surface area contributed by atoms with E-state index in [-0.39, 0.29) is 28.7 Å². The molecule has 1 saturated heterocycles. The average molecular weight is 316 g/mol. The van der Waals surface area contributed by atoms with Crippen LogP contribution in [0.5, 0.6) is 0 Å². The van der Waals surface area contributed by atoms with Crippen LogP contribution in [0, 0.1) is 0 Å². The third-order valence-corrected chi connectivity index (χ3v) is 3.57. The summed E-state index contributed by atoms with van der Waals surface area (Å²) in [6, 6.07) is 2.87. The summed E-state index contributed by atoms with van der Waals surface area (Å²) in [5.74, 6) is -0.339. The fraction of sp³-hybridized carbons (Fsp3) is 0.462. The van der Waals surface area contributed by atoms with Crippen LogP contribution in [-0.2, 0) is 4.79 Å². The third kappa shape index (κ3) is 3.61. The predicted octanol–water partition coefficient (Wildman–Crippen LogP) is 2.08. The average Bonchev–Trinajstić information content (AvgIpc) is 2.90. The molecule has 20 heavy (non-hydrogen) atoms. The Morgan fingerprint density at radius 2 is 1.80 bits per heavy atom. The van der Waals surface area contributed by atoms with Gasteiger partial charge in [-0.15, -0.1) is 0 Å². The van der Waals surface area contributed by atoms with Gasteiger partial charge in [0, 0.05) is 25.7 Å². The smallest absolute Gasteiger partial charge is 0.254 e. The Bertz CT molecular complexity index is 510. The first-order chi connectivity index (χ1) is 9.47. The van der Waals surface area contributed by atoms with Crippen molar-refractivity contribution in [2.45, 2.75) is 12.8 Å². The maximum Gasteiger partial charge on any atom is 0.254 e. The lowest BCUT2D eigenvalue weighted by Gasteiger charge is -2.21. The van der Waals surface area contributed by atoms with Gasteiger partial charge in [-0.05, 0) is 25.0 Å². The maximum absolute atomic E-state index is 12.2. The summed E-state index contributed by atoms with van der Waals surface area (Å²) >= 11 is 11.5. The molecule has 1 aromatic heterocycles. The SMILES string of the molecule is CN(CC(=O)N1CCCC1)C(=O)c1cc(Cl)nc(Cl)c1. The van der Waals surface area contributed by atoms with Crippen molar-refractivity contribution in [1.29, 1.82) is 0 Å². The van der Waals surface area contributed by atoms with Crippen LogP contribution in [0.2, 0.25) is 10.3 Å². The van der Waals surface area contributed by atoms with Crippen molar-refractivity contribution >= 4 is 35.0 Å². The molecule has 1 aliphatic rings. The Morgan fingerprint density at radius 3 is 2.35 bits per heavy atom. The maximum atomic E-state index is 12.2. The molecule has 0 saturated carbocycles. The van der Waals surface area contributed by atoms with Crippen molar-refractivity contribution < 1.29 is 9.59 Å². The van der Waals surface area contributed by atoms with Crippen LogP contribution in [0.25, 0.3) is 0 Å². The van der Waals surface area contributed by atoms with E-state index in [0.29, 0.717) is 5.56 Å². The molecule has 0 aliphatic carbocycles. The number of aromatic nitrogens is 1. The van der Waals surface area contributed by atoms with Crippen molar-refractivity contribution in [3.63, 3.8) is 0 Å². The number of amides is 2. The third-order valence-electron chi connectivity index (χ3n) is 3.19. The van der Waals surface area contributed by atoms with E-state index >= 15 is 0 Å². The molecule has 0 spiro atoms. The Morgan fingerprint density at radius 1 is 1.25 bits per heavy atom. The first-order valence-corrected chi connectivity index (χ1v) is 7.09. The molecule has 0 aromatic carbocycles. The summed E-state index contributed by atoms with van der Waals surface area (Å²) < 4.78 is 0. The molecule has 5 nitrogen and oxygen atoms in total. The summed E-state index contributed by atoms with van der Waals surface area (Å²) in [5.41, 5.74) is 0.326. The lowest BCUT2D eigenvalue weighted by molar-refractivity contribution is -0.130. The largest absolute Gasteiger partial charge is 0.341 e.